The van der Waals surface area contributed by atoms with Crippen LogP contribution in [0.15, 0.2) is 16.3 Å². The van der Waals surface area contributed by atoms with E-state index >= 15 is 0 Å². The van der Waals surface area contributed by atoms with Crippen molar-refractivity contribution in [3.05, 3.63) is 17.0 Å². The van der Waals surface area contributed by atoms with Crippen molar-refractivity contribution in [2.45, 2.75) is 47.6 Å². The average molecular weight is 349 g/mol. The van der Waals surface area contributed by atoms with Crippen LogP contribution in [0.1, 0.15) is 30.6 Å². The number of likely N-dealkylation sites (N-methyl/N-ethyl adjacent to an activating group) is 1. The Kier molecular flexibility index (Phi) is 6.55. The molecule has 21 heavy (non-hydrogen) atoms. The first kappa shape index (κ1) is 17.3. The largest absolute Gasteiger partial charge is 0.319 e. The molecule has 0 aliphatic heterocycles. The van der Waals surface area contributed by atoms with E-state index < -0.39 is 10.0 Å². The molecule has 0 amide bonds. The molecule has 0 saturated heterocycles. The molecule has 0 spiro atoms. The molecule has 1 saturated carbocycles. The third kappa shape index (κ3) is 4.69. The lowest BCUT2D eigenvalue weighted by molar-refractivity contribution is 0.423. The van der Waals surface area contributed by atoms with Crippen molar-refractivity contribution < 1.29 is 8.42 Å². The van der Waals surface area contributed by atoms with Crippen molar-refractivity contribution >= 4 is 33.1 Å². The maximum Gasteiger partial charge on any atom is 0.250 e. The fourth-order valence-corrected chi connectivity index (χ4v) is 6.36. The highest BCUT2D eigenvalue weighted by Gasteiger charge is 2.29. The van der Waals surface area contributed by atoms with Gasteiger partial charge in [-0.15, -0.1) is 11.3 Å². The van der Waals surface area contributed by atoms with Crippen LogP contribution in [0.5, 0.6) is 0 Å². The predicted octanol–water partition coefficient (Wildman–Crippen LogP) is 2.46. The molecular formula is C14H24N2O2S3. The van der Waals surface area contributed by atoms with Gasteiger partial charge in [0.1, 0.15) is 4.21 Å². The Morgan fingerprint density at radius 3 is 2.81 bits per heavy atom. The Labute approximate surface area is 136 Å². The molecule has 0 radical (unpaired) electrons. The lowest BCUT2D eigenvalue weighted by atomic mass is 9.96. The van der Waals surface area contributed by atoms with Crippen molar-refractivity contribution in [1.82, 2.24) is 10.0 Å². The normalized spacial score (nSPS) is 23.3. The molecule has 1 aliphatic rings. The van der Waals surface area contributed by atoms with Gasteiger partial charge in [0, 0.05) is 16.2 Å². The van der Waals surface area contributed by atoms with Crippen molar-refractivity contribution in [2.24, 2.45) is 0 Å². The first-order valence-electron chi connectivity index (χ1n) is 7.35. The molecule has 2 rings (SSSR count). The zero-order valence-electron chi connectivity index (χ0n) is 12.6. The van der Waals surface area contributed by atoms with E-state index in [1.54, 1.807) is 17.8 Å². The zero-order valence-corrected chi connectivity index (χ0v) is 15.0. The van der Waals surface area contributed by atoms with Gasteiger partial charge in [-0.1, -0.05) is 12.8 Å². The lowest BCUT2D eigenvalue weighted by Crippen LogP contribution is -2.43. The van der Waals surface area contributed by atoms with Crippen LogP contribution in [-0.4, -0.2) is 39.6 Å². The summed E-state index contributed by atoms with van der Waals surface area (Å²) >= 11 is 3.15. The number of hydrogen-bond acceptors (Lipinski definition) is 5. The Balaban J connectivity index is 2.05. The fraction of sp³-hybridized carbons (Fsp3) is 0.714. The van der Waals surface area contributed by atoms with Crippen molar-refractivity contribution in [2.75, 3.05) is 19.8 Å². The number of rotatable bonds is 7. The molecule has 2 N–H and O–H groups in total. The van der Waals surface area contributed by atoms with Crippen LogP contribution in [-0.2, 0) is 16.4 Å². The molecule has 1 aromatic heterocycles. The van der Waals surface area contributed by atoms with Gasteiger partial charge in [-0.3, -0.25) is 0 Å². The molecular weight excluding hydrogens is 324 g/mol. The highest BCUT2D eigenvalue weighted by Crippen LogP contribution is 2.29. The molecule has 7 heteroatoms. The van der Waals surface area contributed by atoms with E-state index in [1.807, 2.05) is 13.1 Å². The van der Waals surface area contributed by atoms with Gasteiger partial charge in [0.05, 0.1) is 0 Å². The van der Waals surface area contributed by atoms with Crippen LogP contribution < -0.4 is 10.0 Å². The van der Waals surface area contributed by atoms with Crippen molar-refractivity contribution in [1.29, 1.82) is 0 Å². The molecule has 4 nitrogen and oxygen atoms in total. The quantitative estimate of drug-likeness (QED) is 0.795. The Morgan fingerprint density at radius 1 is 1.33 bits per heavy atom. The van der Waals surface area contributed by atoms with E-state index in [1.165, 1.54) is 17.8 Å². The summed E-state index contributed by atoms with van der Waals surface area (Å²) < 4.78 is 28.4. The van der Waals surface area contributed by atoms with E-state index in [0.717, 1.165) is 37.1 Å². The summed E-state index contributed by atoms with van der Waals surface area (Å²) in [5.74, 6) is 0. The topological polar surface area (TPSA) is 58.2 Å². The van der Waals surface area contributed by atoms with Crippen molar-refractivity contribution in [3.63, 3.8) is 0 Å². The van der Waals surface area contributed by atoms with Gasteiger partial charge in [-0.05, 0) is 51.2 Å². The van der Waals surface area contributed by atoms with Crippen LogP contribution in [0, 0.1) is 0 Å². The molecule has 0 bridgehead atoms. The van der Waals surface area contributed by atoms with E-state index in [9.17, 15) is 8.42 Å². The van der Waals surface area contributed by atoms with Crippen LogP contribution >= 0.6 is 23.1 Å². The summed E-state index contributed by atoms with van der Waals surface area (Å²) in [6.07, 6.45) is 7.31. The number of hydrogen-bond donors (Lipinski definition) is 2. The van der Waals surface area contributed by atoms with Crippen LogP contribution in [0.2, 0.25) is 0 Å². The molecule has 1 aliphatic carbocycles. The molecule has 1 aromatic rings. The fourth-order valence-electron chi connectivity index (χ4n) is 2.66. The minimum absolute atomic E-state index is 0.0709. The summed E-state index contributed by atoms with van der Waals surface area (Å²) in [4.78, 5) is 1.11. The minimum atomic E-state index is -3.37. The SMILES string of the molecule is CNCCc1ccc(S(=O)(=O)NC2CCCCC2SC)s1. The zero-order chi connectivity index (χ0) is 15.3. The minimum Gasteiger partial charge on any atom is -0.319 e. The van der Waals surface area contributed by atoms with Gasteiger partial charge < -0.3 is 5.32 Å². The second kappa shape index (κ2) is 7.97. The maximum atomic E-state index is 12.5. The summed E-state index contributed by atoms with van der Waals surface area (Å²) in [5, 5.41) is 3.48. The monoisotopic (exact) mass is 348 g/mol. The van der Waals surface area contributed by atoms with Crippen LogP contribution in [0.4, 0.5) is 0 Å². The first-order valence-corrected chi connectivity index (χ1v) is 10.9. The molecule has 2 unspecified atom stereocenters. The molecule has 120 valence electrons. The van der Waals surface area contributed by atoms with E-state index in [4.69, 9.17) is 0 Å². The molecule has 0 aromatic carbocycles. The van der Waals surface area contributed by atoms with Gasteiger partial charge in [-0.25, -0.2) is 13.1 Å². The summed E-state index contributed by atoms with van der Waals surface area (Å²) in [7, 11) is -1.47. The highest BCUT2D eigenvalue weighted by atomic mass is 32.2. The second-order valence-corrected chi connectivity index (χ2v) is 9.55. The average Bonchev–Trinajstić information content (AvgIpc) is 2.95. The van der Waals surface area contributed by atoms with Crippen LogP contribution in [0.25, 0.3) is 0 Å². The molecule has 1 heterocycles. The number of sulfonamides is 1. The predicted molar refractivity (Wildman–Crippen MR) is 91.8 cm³/mol. The number of thioether (sulfide) groups is 1. The first-order chi connectivity index (χ1) is 10.1. The summed E-state index contributed by atoms with van der Waals surface area (Å²) in [6, 6.07) is 3.72. The Morgan fingerprint density at radius 2 is 2.10 bits per heavy atom. The Hall–Kier alpha value is -0.0800. The van der Waals surface area contributed by atoms with E-state index in [0.29, 0.717) is 9.46 Å². The smallest absolute Gasteiger partial charge is 0.250 e. The third-order valence-electron chi connectivity index (χ3n) is 3.84. The highest BCUT2D eigenvalue weighted by molar-refractivity contribution is 7.99. The van der Waals surface area contributed by atoms with E-state index in [2.05, 4.69) is 16.3 Å². The van der Waals surface area contributed by atoms with Gasteiger partial charge >= 0.3 is 0 Å². The second-order valence-electron chi connectivity index (χ2n) is 5.36. The maximum absolute atomic E-state index is 12.5. The van der Waals surface area contributed by atoms with E-state index in [-0.39, 0.29) is 6.04 Å². The summed E-state index contributed by atoms with van der Waals surface area (Å²) in [6.45, 7) is 0.866. The van der Waals surface area contributed by atoms with Gasteiger partial charge in [0.15, 0.2) is 0 Å². The Bertz CT molecular complexity index is 542. The van der Waals surface area contributed by atoms with Gasteiger partial charge in [0.25, 0.3) is 0 Å². The van der Waals surface area contributed by atoms with Crippen LogP contribution in [0.3, 0.4) is 0 Å². The molecule has 2 atom stereocenters. The number of thiophene rings is 1. The lowest BCUT2D eigenvalue weighted by Gasteiger charge is -2.30. The third-order valence-corrected chi connectivity index (χ3v) is 8.13. The van der Waals surface area contributed by atoms with Crippen molar-refractivity contribution in [3.8, 4) is 0 Å². The van der Waals surface area contributed by atoms with Gasteiger partial charge in [-0.2, -0.15) is 11.8 Å². The molecule has 1 fully saturated rings. The standard InChI is InChI=1S/C14H24N2O2S3/c1-15-10-9-11-7-8-14(20-11)21(17,18)16-12-5-3-4-6-13(12)19-2/h7-8,12-13,15-16H,3-6,9-10H2,1-2H3. The van der Waals surface area contributed by atoms with Gasteiger partial charge in [0.2, 0.25) is 10.0 Å². The summed E-state index contributed by atoms with van der Waals surface area (Å²) in [5.41, 5.74) is 0. The number of nitrogens with one attached hydrogen (secondary N) is 2.